The SMILES string of the molecule is Cc1cc(F)cc([C@H]2CCCN2)c1N. The van der Waals surface area contributed by atoms with Gasteiger partial charge in [0.2, 0.25) is 0 Å². The van der Waals surface area contributed by atoms with Crippen LogP contribution >= 0.6 is 0 Å². The summed E-state index contributed by atoms with van der Waals surface area (Å²) in [4.78, 5) is 0. The summed E-state index contributed by atoms with van der Waals surface area (Å²) in [5, 5.41) is 3.32. The first kappa shape index (κ1) is 9.46. The maximum atomic E-state index is 13.2. The van der Waals surface area contributed by atoms with E-state index in [-0.39, 0.29) is 11.9 Å². The summed E-state index contributed by atoms with van der Waals surface area (Å²) in [6.07, 6.45) is 2.19. The van der Waals surface area contributed by atoms with Crippen LogP contribution in [0.25, 0.3) is 0 Å². The lowest BCUT2D eigenvalue weighted by Gasteiger charge is -2.15. The van der Waals surface area contributed by atoms with E-state index < -0.39 is 0 Å². The standard InChI is InChI=1S/C11H15FN2/c1-7-5-8(12)6-9(11(7)13)10-3-2-4-14-10/h5-6,10,14H,2-4,13H2,1H3/t10-/m1/s1. The molecule has 14 heavy (non-hydrogen) atoms. The number of hydrogen-bond acceptors (Lipinski definition) is 2. The molecule has 3 N–H and O–H groups in total. The van der Waals surface area contributed by atoms with Gasteiger partial charge in [-0.2, -0.15) is 0 Å². The Bertz CT molecular complexity index is 343. The van der Waals surface area contributed by atoms with Crippen molar-refractivity contribution in [1.29, 1.82) is 0 Å². The third kappa shape index (κ3) is 1.60. The van der Waals surface area contributed by atoms with Crippen LogP contribution in [-0.4, -0.2) is 6.54 Å². The molecule has 0 bridgehead atoms. The molecule has 3 heteroatoms. The minimum Gasteiger partial charge on any atom is -0.398 e. The van der Waals surface area contributed by atoms with Crippen LogP contribution in [0.2, 0.25) is 0 Å². The van der Waals surface area contributed by atoms with Crippen LogP contribution in [0.4, 0.5) is 10.1 Å². The largest absolute Gasteiger partial charge is 0.398 e. The molecule has 0 radical (unpaired) electrons. The highest BCUT2D eigenvalue weighted by Gasteiger charge is 2.19. The molecule has 1 fully saturated rings. The van der Waals surface area contributed by atoms with Gasteiger partial charge in [0.15, 0.2) is 0 Å². The van der Waals surface area contributed by atoms with Crippen LogP contribution in [0, 0.1) is 12.7 Å². The summed E-state index contributed by atoms with van der Waals surface area (Å²) in [6.45, 7) is 2.84. The second-order valence-corrected chi connectivity index (χ2v) is 3.87. The average Bonchev–Trinajstić information content (AvgIpc) is 2.63. The fourth-order valence-corrected chi connectivity index (χ4v) is 2.02. The van der Waals surface area contributed by atoms with Gasteiger partial charge in [0, 0.05) is 11.7 Å². The summed E-state index contributed by atoms with van der Waals surface area (Å²) < 4.78 is 13.2. The molecule has 1 aliphatic rings. The molecule has 1 saturated heterocycles. The topological polar surface area (TPSA) is 38.0 Å². The van der Waals surface area contributed by atoms with Gasteiger partial charge in [0.25, 0.3) is 0 Å². The zero-order valence-corrected chi connectivity index (χ0v) is 8.31. The average molecular weight is 194 g/mol. The smallest absolute Gasteiger partial charge is 0.123 e. The lowest BCUT2D eigenvalue weighted by molar-refractivity contribution is 0.606. The number of benzene rings is 1. The van der Waals surface area contributed by atoms with Crippen LogP contribution in [-0.2, 0) is 0 Å². The van der Waals surface area contributed by atoms with E-state index >= 15 is 0 Å². The molecule has 2 nitrogen and oxygen atoms in total. The van der Waals surface area contributed by atoms with Crippen molar-refractivity contribution in [2.24, 2.45) is 0 Å². The second-order valence-electron chi connectivity index (χ2n) is 3.87. The molecule has 1 aromatic carbocycles. The second kappa shape index (κ2) is 3.58. The Kier molecular flexibility index (Phi) is 2.42. The minimum absolute atomic E-state index is 0.194. The molecule has 76 valence electrons. The molecule has 1 heterocycles. The number of nitrogens with one attached hydrogen (secondary N) is 1. The number of rotatable bonds is 1. The van der Waals surface area contributed by atoms with Crippen molar-refractivity contribution in [1.82, 2.24) is 5.32 Å². The van der Waals surface area contributed by atoms with E-state index in [1.807, 2.05) is 6.92 Å². The van der Waals surface area contributed by atoms with Crippen LogP contribution in [0.15, 0.2) is 12.1 Å². The van der Waals surface area contributed by atoms with Gasteiger partial charge in [-0.15, -0.1) is 0 Å². The van der Waals surface area contributed by atoms with Gasteiger partial charge in [-0.25, -0.2) is 4.39 Å². The van der Waals surface area contributed by atoms with Gasteiger partial charge in [-0.1, -0.05) is 0 Å². The minimum atomic E-state index is -0.194. The van der Waals surface area contributed by atoms with Crippen LogP contribution in [0.3, 0.4) is 0 Å². The third-order valence-corrected chi connectivity index (χ3v) is 2.82. The Morgan fingerprint density at radius 2 is 2.29 bits per heavy atom. The van der Waals surface area contributed by atoms with Crippen molar-refractivity contribution in [3.05, 3.63) is 29.1 Å². The van der Waals surface area contributed by atoms with Crippen molar-refractivity contribution in [3.63, 3.8) is 0 Å². The van der Waals surface area contributed by atoms with Gasteiger partial charge < -0.3 is 11.1 Å². The van der Waals surface area contributed by atoms with Gasteiger partial charge in [-0.05, 0) is 49.6 Å². The number of anilines is 1. The highest BCUT2D eigenvalue weighted by atomic mass is 19.1. The number of nitrogens with two attached hydrogens (primary N) is 1. The molecule has 0 amide bonds. The highest BCUT2D eigenvalue weighted by Crippen LogP contribution is 2.30. The van der Waals surface area contributed by atoms with Crippen LogP contribution in [0.1, 0.15) is 30.0 Å². The monoisotopic (exact) mass is 194 g/mol. The van der Waals surface area contributed by atoms with Crippen molar-refractivity contribution in [2.75, 3.05) is 12.3 Å². The molecule has 0 aromatic heterocycles. The summed E-state index contributed by atoms with van der Waals surface area (Å²) in [5.74, 6) is -0.194. The van der Waals surface area contributed by atoms with Crippen molar-refractivity contribution in [3.8, 4) is 0 Å². The molecule has 1 atom stereocenters. The van der Waals surface area contributed by atoms with Gasteiger partial charge >= 0.3 is 0 Å². The first-order chi connectivity index (χ1) is 6.68. The first-order valence-corrected chi connectivity index (χ1v) is 4.97. The maximum Gasteiger partial charge on any atom is 0.123 e. The number of aryl methyl sites for hydroxylation is 1. The predicted octanol–water partition coefficient (Wildman–Crippen LogP) is 2.14. The van der Waals surface area contributed by atoms with E-state index in [1.165, 1.54) is 6.07 Å². The summed E-state index contributed by atoms with van der Waals surface area (Å²) in [7, 11) is 0. The molecule has 0 aliphatic carbocycles. The summed E-state index contributed by atoms with van der Waals surface area (Å²) >= 11 is 0. The molecular formula is C11H15FN2. The van der Waals surface area contributed by atoms with Crippen molar-refractivity contribution < 1.29 is 4.39 Å². The number of halogens is 1. The lowest BCUT2D eigenvalue weighted by Crippen LogP contribution is -2.15. The van der Waals surface area contributed by atoms with Crippen molar-refractivity contribution >= 4 is 5.69 Å². The molecule has 0 saturated carbocycles. The molecule has 1 aromatic rings. The maximum absolute atomic E-state index is 13.2. The van der Waals surface area contributed by atoms with E-state index in [0.717, 1.165) is 36.2 Å². The quantitative estimate of drug-likeness (QED) is 0.672. The van der Waals surface area contributed by atoms with E-state index in [9.17, 15) is 4.39 Å². The first-order valence-electron chi connectivity index (χ1n) is 4.97. The van der Waals surface area contributed by atoms with E-state index in [2.05, 4.69) is 5.32 Å². The molecular weight excluding hydrogens is 179 g/mol. The van der Waals surface area contributed by atoms with Gasteiger partial charge in [0.05, 0.1) is 0 Å². The molecule has 0 spiro atoms. The van der Waals surface area contributed by atoms with Crippen LogP contribution < -0.4 is 11.1 Å². The van der Waals surface area contributed by atoms with E-state index in [1.54, 1.807) is 6.07 Å². The Morgan fingerprint density at radius 3 is 2.93 bits per heavy atom. The molecule has 2 rings (SSSR count). The van der Waals surface area contributed by atoms with Gasteiger partial charge in [0.1, 0.15) is 5.82 Å². The third-order valence-electron chi connectivity index (χ3n) is 2.82. The Morgan fingerprint density at radius 1 is 1.50 bits per heavy atom. The lowest BCUT2D eigenvalue weighted by atomic mass is 10.00. The van der Waals surface area contributed by atoms with E-state index in [4.69, 9.17) is 5.73 Å². The summed E-state index contributed by atoms with van der Waals surface area (Å²) in [6, 6.07) is 3.27. The fourth-order valence-electron chi connectivity index (χ4n) is 2.02. The number of hydrogen-bond donors (Lipinski definition) is 2. The Hall–Kier alpha value is -1.09. The zero-order valence-electron chi connectivity index (χ0n) is 8.31. The van der Waals surface area contributed by atoms with Crippen LogP contribution in [0.5, 0.6) is 0 Å². The highest BCUT2D eigenvalue weighted by molar-refractivity contribution is 5.55. The zero-order chi connectivity index (χ0) is 10.1. The molecule has 1 aliphatic heterocycles. The number of nitrogen functional groups attached to an aromatic ring is 1. The van der Waals surface area contributed by atoms with Crippen molar-refractivity contribution in [2.45, 2.75) is 25.8 Å². The Balaban J connectivity index is 2.40. The summed E-state index contributed by atoms with van der Waals surface area (Å²) in [5.41, 5.74) is 8.40. The normalized spacial score (nSPS) is 21.4. The Labute approximate surface area is 83.3 Å². The fraction of sp³-hybridized carbons (Fsp3) is 0.455. The van der Waals surface area contributed by atoms with Gasteiger partial charge in [-0.3, -0.25) is 0 Å². The van der Waals surface area contributed by atoms with E-state index in [0.29, 0.717) is 0 Å². The predicted molar refractivity (Wildman–Crippen MR) is 55.5 cm³/mol. The molecule has 0 unspecified atom stereocenters.